The van der Waals surface area contributed by atoms with Crippen LogP contribution in [0.1, 0.15) is 24.7 Å². The number of aryl methyl sites for hydroxylation is 1. The number of benzene rings is 1. The van der Waals surface area contributed by atoms with Crippen LogP contribution in [-0.4, -0.2) is 14.8 Å². The molecule has 0 bridgehead atoms. The SMILES string of the molecule is Cc1cc(N)ccc1-c1nnc2n1CCC(C)C2. The van der Waals surface area contributed by atoms with Crippen LogP contribution in [0, 0.1) is 12.8 Å². The molecule has 0 amide bonds. The molecular weight excluding hydrogens is 224 g/mol. The Bertz CT molecular complexity index is 585. The van der Waals surface area contributed by atoms with Crippen molar-refractivity contribution in [2.75, 3.05) is 5.73 Å². The largest absolute Gasteiger partial charge is 0.399 e. The van der Waals surface area contributed by atoms with Gasteiger partial charge in [-0.25, -0.2) is 0 Å². The van der Waals surface area contributed by atoms with Crippen LogP contribution >= 0.6 is 0 Å². The van der Waals surface area contributed by atoms with Crippen molar-refractivity contribution in [1.29, 1.82) is 0 Å². The summed E-state index contributed by atoms with van der Waals surface area (Å²) >= 11 is 0. The van der Waals surface area contributed by atoms with E-state index in [0.717, 1.165) is 41.4 Å². The first-order chi connectivity index (χ1) is 8.65. The van der Waals surface area contributed by atoms with Crippen molar-refractivity contribution in [3.63, 3.8) is 0 Å². The van der Waals surface area contributed by atoms with E-state index in [1.165, 1.54) is 6.42 Å². The molecule has 94 valence electrons. The molecule has 0 saturated heterocycles. The second kappa shape index (κ2) is 4.12. The van der Waals surface area contributed by atoms with Crippen LogP contribution in [0.5, 0.6) is 0 Å². The zero-order valence-electron chi connectivity index (χ0n) is 10.8. The fourth-order valence-corrected chi connectivity index (χ4v) is 2.62. The highest BCUT2D eigenvalue weighted by Gasteiger charge is 2.21. The van der Waals surface area contributed by atoms with Crippen molar-refractivity contribution in [2.45, 2.75) is 33.2 Å². The van der Waals surface area contributed by atoms with Crippen LogP contribution in [0.3, 0.4) is 0 Å². The third kappa shape index (κ3) is 1.78. The number of hydrogen-bond donors (Lipinski definition) is 1. The maximum absolute atomic E-state index is 5.79. The van der Waals surface area contributed by atoms with Crippen molar-refractivity contribution in [3.05, 3.63) is 29.6 Å². The molecule has 1 atom stereocenters. The lowest BCUT2D eigenvalue weighted by molar-refractivity contribution is 0.411. The molecule has 0 radical (unpaired) electrons. The van der Waals surface area contributed by atoms with Crippen molar-refractivity contribution in [3.8, 4) is 11.4 Å². The normalized spacial score (nSPS) is 18.7. The summed E-state index contributed by atoms with van der Waals surface area (Å²) in [6.07, 6.45) is 2.23. The number of nitrogens with two attached hydrogens (primary N) is 1. The van der Waals surface area contributed by atoms with Crippen LogP contribution in [0.15, 0.2) is 18.2 Å². The van der Waals surface area contributed by atoms with E-state index >= 15 is 0 Å². The highest BCUT2D eigenvalue weighted by atomic mass is 15.3. The molecule has 0 aliphatic carbocycles. The van der Waals surface area contributed by atoms with Crippen LogP contribution in [0.25, 0.3) is 11.4 Å². The Balaban J connectivity index is 2.08. The Labute approximate surface area is 107 Å². The Morgan fingerprint density at radius 2 is 2.17 bits per heavy atom. The molecule has 1 aliphatic rings. The molecule has 3 rings (SSSR count). The minimum absolute atomic E-state index is 0.710. The first kappa shape index (κ1) is 11.3. The predicted molar refractivity (Wildman–Crippen MR) is 72.1 cm³/mol. The van der Waals surface area contributed by atoms with Gasteiger partial charge in [0.1, 0.15) is 5.82 Å². The van der Waals surface area contributed by atoms with E-state index in [2.05, 4.69) is 28.6 Å². The monoisotopic (exact) mass is 242 g/mol. The zero-order valence-corrected chi connectivity index (χ0v) is 10.8. The molecule has 0 fully saturated rings. The molecule has 2 aromatic rings. The van der Waals surface area contributed by atoms with Gasteiger partial charge in [0.15, 0.2) is 5.82 Å². The molecule has 1 aromatic carbocycles. The van der Waals surface area contributed by atoms with Crippen LogP contribution in [0.2, 0.25) is 0 Å². The molecule has 0 saturated carbocycles. The molecule has 4 heteroatoms. The van der Waals surface area contributed by atoms with Crippen LogP contribution in [0.4, 0.5) is 5.69 Å². The molecule has 1 aliphatic heterocycles. The smallest absolute Gasteiger partial charge is 0.164 e. The number of anilines is 1. The number of nitrogen functional groups attached to an aromatic ring is 1. The highest BCUT2D eigenvalue weighted by molar-refractivity contribution is 5.64. The van der Waals surface area contributed by atoms with Gasteiger partial charge >= 0.3 is 0 Å². The number of rotatable bonds is 1. The summed E-state index contributed by atoms with van der Waals surface area (Å²) in [4.78, 5) is 0. The third-order valence-corrected chi connectivity index (χ3v) is 3.70. The quantitative estimate of drug-likeness (QED) is 0.781. The van der Waals surface area contributed by atoms with Crippen molar-refractivity contribution in [1.82, 2.24) is 14.8 Å². The number of nitrogens with zero attached hydrogens (tertiary/aromatic N) is 3. The molecule has 1 aromatic heterocycles. The van der Waals surface area contributed by atoms with Gasteiger partial charge in [0.25, 0.3) is 0 Å². The van der Waals surface area contributed by atoms with Gasteiger partial charge < -0.3 is 10.3 Å². The van der Waals surface area contributed by atoms with Gasteiger partial charge in [-0.05, 0) is 43.0 Å². The average molecular weight is 242 g/mol. The van der Waals surface area contributed by atoms with Gasteiger partial charge in [0.05, 0.1) is 0 Å². The zero-order chi connectivity index (χ0) is 12.7. The fourth-order valence-electron chi connectivity index (χ4n) is 2.62. The van der Waals surface area contributed by atoms with E-state index in [9.17, 15) is 0 Å². The second-order valence-corrected chi connectivity index (χ2v) is 5.26. The lowest BCUT2D eigenvalue weighted by Crippen LogP contribution is -2.18. The van der Waals surface area contributed by atoms with E-state index in [-0.39, 0.29) is 0 Å². The lowest BCUT2D eigenvalue weighted by atomic mass is 9.99. The molecule has 0 spiro atoms. The van der Waals surface area contributed by atoms with Gasteiger partial charge in [-0.2, -0.15) is 0 Å². The third-order valence-electron chi connectivity index (χ3n) is 3.70. The predicted octanol–water partition coefficient (Wildman–Crippen LogP) is 2.42. The topological polar surface area (TPSA) is 56.7 Å². The summed E-state index contributed by atoms with van der Waals surface area (Å²) in [6, 6.07) is 5.96. The summed E-state index contributed by atoms with van der Waals surface area (Å²) in [6.45, 7) is 5.35. The molecule has 4 nitrogen and oxygen atoms in total. The lowest BCUT2D eigenvalue weighted by Gasteiger charge is -2.20. The van der Waals surface area contributed by atoms with E-state index in [4.69, 9.17) is 5.73 Å². The van der Waals surface area contributed by atoms with Gasteiger partial charge in [-0.3, -0.25) is 0 Å². The van der Waals surface area contributed by atoms with Crippen molar-refractivity contribution in [2.24, 2.45) is 5.92 Å². The Kier molecular flexibility index (Phi) is 2.58. The number of aromatic nitrogens is 3. The first-order valence-corrected chi connectivity index (χ1v) is 6.43. The molecule has 2 heterocycles. The van der Waals surface area contributed by atoms with Gasteiger partial charge in [-0.15, -0.1) is 10.2 Å². The van der Waals surface area contributed by atoms with Crippen LogP contribution < -0.4 is 5.73 Å². The van der Waals surface area contributed by atoms with Crippen molar-refractivity contribution >= 4 is 5.69 Å². The molecule has 18 heavy (non-hydrogen) atoms. The Hall–Kier alpha value is -1.84. The van der Waals surface area contributed by atoms with Crippen LogP contribution in [-0.2, 0) is 13.0 Å². The minimum Gasteiger partial charge on any atom is -0.399 e. The summed E-state index contributed by atoms with van der Waals surface area (Å²) in [5.74, 6) is 2.80. The molecular formula is C14H18N4. The minimum atomic E-state index is 0.710. The summed E-state index contributed by atoms with van der Waals surface area (Å²) < 4.78 is 2.25. The second-order valence-electron chi connectivity index (χ2n) is 5.26. The molecule has 1 unspecified atom stereocenters. The summed E-state index contributed by atoms with van der Waals surface area (Å²) in [5.41, 5.74) is 8.88. The first-order valence-electron chi connectivity index (χ1n) is 6.43. The molecule has 2 N–H and O–H groups in total. The Morgan fingerprint density at radius 1 is 1.33 bits per heavy atom. The van der Waals surface area contributed by atoms with E-state index in [0.29, 0.717) is 5.92 Å². The number of fused-ring (bicyclic) bond motifs is 1. The summed E-state index contributed by atoms with van der Waals surface area (Å²) in [7, 11) is 0. The maximum Gasteiger partial charge on any atom is 0.164 e. The van der Waals surface area contributed by atoms with Gasteiger partial charge in [0.2, 0.25) is 0 Å². The standard InChI is InChI=1S/C14H18N4/c1-9-5-6-18-13(7-9)16-17-14(18)12-4-3-11(15)8-10(12)2/h3-4,8-9H,5-7,15H2,1-2H3. The Morgan fingerprint density at radius 3 is 2.94 bits per heavy atom. The number of hydrogen-bond acceptors (Lipinski definition) is 3. The van der Waals surface area contributed by atoms with E-state index in [1.807, 2.05) is 18.2 Å². The highest BCUT2D eigenvalue weighted by Crippen LogP contribution is 2.28. The summed E-state index contributed by atoms with van der Waals surface area (Å²) in [5, 5.41) is 8.69. The van der Waals surface area contributed by atoms with Gasteiger partial charge in [0, 0.05) is 24.2 Å². The van der Waals surface area contributed by atoms with E-state index in [1.54, 1.807) is 0 Å². The fraction of sp³-hybridized carbons (Fsp3) is 0.429. The average Bonchev–Trinajstić information content (AvgIpc) is 2.72. The van der Waals surface area contributed by atoms with E-state index < -0.39 is 0 Å². The maximum atomic E-state index is 5.79. The van der Waals surface area contributed by atoms with Crippen molar-refractivity contribution < 1.29 is 0 Å². The van der Waals surface area contributed by atoms with Gasteiger partial charge in [-0.1, -0.05) is 6.92 Å².